The Balaban J connectivity index is 1.45. The minimum atomic E-state index is -0.0769. The van der Waals surface area contributed by atoms with Crippen LogP contribution < -0.4 is 10.1 Å². The molecule has 26 heavy (non-hydrogen) atoms. The highest BCUT2D eigenvalue weighted by Gasteiger charge is 2.39. The fourth-order valence-electron chi connectivity index (χ4n) is 3.69. The molecule has 0 spiro atoms. The van der Waals surface area contributed by atoms with Gasteiger partial charge in [-0.25, -0.2) is 0 Å². The van der Waals surface area contributed by atoms with Crippen LogP contribution in [-0.4, -0.2) is 41.1 Å². The van der Waals surface area contributed by atoms with Gasteiger partial charge in [0.2, 0.25) is 0 Å². The third-order valence-corrected chi connectivity index (χ3v) is 5.54. The number of ether oxygens (including phenoxy) is 1. The summed E-state index contributed by atoms with van der Waals surface area (Å²) in [6.07, 6.45) is 3.06. The van der Waals surface area contributed by atoms with Gasteiger partial charge in [0.1, 0.15) is 6.61 Å². The maximum atomic E-state index is 12.9. The molecular weight excluding hydrogens is 377 g/mol. The Morgan fingerprint density at radius 2 is 2.04 bits per heavy atom. The summed E-state index contributed by atoms with van der Waals surface area (Å²) < 4.78 is 10.9. The van der Waals surface area contributed by atoms with E-state index in [1.54, 1.807) is 24.3 Å². The quantitative estimate of drug-likeness (QED) is 0.857. The summed E-state index contributed by atoms with van der Waals surface area (Å²) in [4.78, 5) is 14.9. The zero-order valence-corrected chi connectivity index (χ0v) is 15.6. The van der Waals surface area contributed by atoms with Crippen molar-refractivity contribution in [1.82, 2.24) is 15.4 Å². The Morgan fingerprint density at radius 3 is 2.85 bits per heavy atom. The number of amides is 1. The number of hydrogen-bond donors (Lipinski definition) is 1. The standard InChI is InChI=1S/C18H19Cl2N3O3/c19-14-2-1-3-15(20)17(14)25-10-13-8-16(22-26-13)18(24)23-11-4-5-12(23)9-21-7-6-11/h1-3,8,11-12,21H,4-7,9-10H2. The second-order valence-corrected chi connectivity index (χ2v) is 7.42. The molecule has 2 unspecified atom stereocenters. The fourth-order valence-corrected chi connectivity index (χ4v) is 4.20. The van der Waals surface area contributed by atoms with Crippen molar-refractivity contribution >= 4 is 29.1 Å². The number of carbonyl (C=O) groups is 1. The van der Waals surface area contributed by atoms with Gasteiger partial charge in [-0.3, -0.25) is 4.79 Å². The molecule has 1 aromatic heterocycles. The summed E-state index contributed by atoms with van der Waals surface area (Å²) in [6.45, 7) is 1.88. The van der Waals surface area contributed by atoms with E-state index >= 15 is 0 Å². The average molecular weight is 396 g/mol. The van der Waals surface area contributed by atoms with Crippen molar-refractivity contribution in [3.05, 3.63) is 45.8 Å². The Bertz CT molecular complexity index is 776. The lowest BCUT2D eigenvalue weighted by molar-refractivity contribution is 0.0669. The molecule has 0 saturated carbocycles. The Kier molecular flexibility index (Phi) is 5.07. The molecule has 0 aliphatic carbocycles. The highest BCUT2D eigenvalue weighted by atomic mass is 35.5. The first-order valence-electron chi connectivity index (χ1n) is 8.69. The van der Waals surface area contributed by atoms with E-state index in [9.17, 15) is 4.79 Å². The molecule has 3 heterocycles. The normalized spacial score (nSPS) is 22.3. The van der Waals surface area contributed by atoms with Crippen LogP contribution in [0.1, 0.15) is 35.5 Å². The van der Waals surface area contributed by atoms with Crippen molar-refractivity contribution in [2.75, 3.05) is 13.1 Å². The van der Waals surface area contributed by atoms with Crippen molar-refractivity contribution in [1.29, 1.82) is 0 Å². The van der Waals surface area contributed by atoms with Gasteiger partial charge in [0.05, 0.1) is 10.0 Å². The molecule has 8 heteroatoms. The molecule has 2 fully saturated rings. The average Bonchev–Trinajstić information content (AvgIpc) is 3.17. The van der Waals surface area contributed by atoms with E-state index in [-0.39, 0.29) is 24.6 Å². The fraction of sp³-hybridized carbons (Fsp3) is 0.444. The SMILES string of the molecule is O=C(c1cc(COc2c(Cl)cccc2Cl)on1)N1C2CCNCC1CC2. The highest BCUT2D eigenvalue weighted by molar-refractivity contribution is 6.37. The van der Waals surface area contributed by atoms with E-state index in [4.69, 9.17) is 32.5 Å². The molecule has 2 atom stereocenters. The zero-order chi connectivity index (χ0) is 18.1. The van der Waals surface area contributed by atoms with Crippen LogP contribution in [0.5, 0.6) is 5.75 Å². The van der Waals surface area contributed by atoms with Crippen molar-refractivity contribution in [2.45, 2.75) is 38.0 Å². The predicted octanol–water partition coefficient (Wildman–Crippen LogP) is 3.53. The predicted molar refractivity (Wildman–Crippen MR) is 97.8 cm³/mol. The molecular formula is C18H19Cl2N3O3. The van der Waals surface area contributed by atoms with E-state index in [0.717, 1.165) is 32.4 Å². The molecule has 2 aliphatic rings. The van der Waals surface area contributed by atoms with Crippen LogP contribution in [-0.2, 0) is 6.61 Å². The third kappa shape index (κ3) is 3.41. The van der Waals surface area contributed by atoms with Gasteiger partial charge in [0.25, 0.3) is 5.91 Å². The van der Waals surface area contributed by atoms with Gasteiger partial charge < -0.3 is 19.5 Å². The Hall–Kier alpha value is -1.76. The molecule has 2 saturated heterocycles. The number of carbonyl (C=O) groups excluding carboxylic acids is 1. The zero-order valence-electron chi connectivity index (χ0n) is 14.1. The molecule has 1 N–H and O–H groups in total. The van der Waals surface area contributed by atoms with E-state index in [2.05, 4.69) is 10.5 Å². The van der Waals surface area contributed by atoms with E-state index < -0.39 is 0 Å². The first-order chi connectivity index (χ1) is 12.6. The molecule has 1 amide bonds. The Labute approximate surface area is 161 Å². The molecule has 138 valence electrons. The van der Waals surface area contributed by atoms with Gasteiger partial charge in [-0.1, -0.05) is 34.4 Å². The molecule has 0 radical (unpaired) electrons. The number of fused-ring (bicyclic) bond motifs is 2. The van der Waals surface area contributed by atoms with Crippen molar-refractivity contribution < 1.29 is 14.1 Å². The van der Waals surface area contributed by atoms with Gasteiger partial charge in [-0.05, 0) is 37.9 Å². The van der Waals surface area contributed by atoms with E-state index in [1.807, 2.05) is 4.90 Å². The molecule has 4 rings (SSSR count). The van der Waals surface area contributed by atoms with Gasteiger partial charge in [-0.2, -0.15) is 0 Å². The van der Waals surface area contributed by atoms with Crippen LogP contribution in [0, 0.1) is 0 Å². The number of nitrogens with one attached hydrogen (secondary N) is 1. The van der Waals surface area contributed by atoms with Gasteiger partial charge in [-0.15, -0.1) is 0 Å². The lowest BCUT2D eigenvalue weighted by atomic mass is 10.1. The van der Waals surface area contributed by atoms with Gasteiger partial charge >= 0.3 is 0 Å². The first kappa shape index (κ1) is 17.6. The smallest absolute Gasteiger partial charge is 0.276 e. The minimum Gasteiger partial charge on any atom is -0.482 e. The molecule has 2 aliphatic heterocycles. The maximum Gasteiger partial charge on any atom is 0.276 e. The second kappa shape index (κ2) is 7.47. The summed E-state index contributed by atoms with van der Waals surface area (Å²) in [5.41, 5.74) is 0.313. The maximum absolute atomic E-state index is 12.9. The summed E-state index contributed by atoms with van der Waals surface area (Å²) in [5.74, 6) is 0.758. The van der Waals surface area contributed by atoms with Crippen LogP contribution in [0.15, 0.2) is 28.8 Å². The van der Waals surface area contributed by atoms with Crippen LogP contribution in [0.3, 0.4) is 0 Å². The highest BCUT2D eigenvalue weighted by Crippen LogP contribution is 2.33. The minimum absolute atomic E-state index is 0.0769. The number of rotatable bonds is 4. The van der Waals surface area contributed by atoms with Crippen LogP contribution >= 0.6 is 23.2 Å². The number of benzene rings is 1. The monoisotopic (exact) mass is 395 g/mol. The number of hydrogen-bond acceptors (Lipinski definition) is 5. The Morgan fingerprint density at radius 1 is 1.27 bits per heavy atom. The first-order valence-corrected chi connectivity index (χ1v) is 9.45. The number of aromatic nitrogens is 1. The van der Waals surface area contributed by atoms with Gasteiger partial charge in [0.15, 0.2) is 17.2 Å². The summed E-state index contributed by atoms with van der Waals surface area (Å²) >= 11 is 12.2. The summed E-state index contributed by atoms with van der Waals surface area (Å²) in [5, 5.41) is 8.17. The lowest BCUT2D eigenvalue weighted by Crippen LogP contribution is -2.42. The van der Waals surface area contributed by atoms with Crippen LogP contribution in [0.4, 0.5) is 0 Å². The van der Waals surface area contributed by atoms with Crippen molar-refractivity contribution in [3.8, 4) is 5.75 Å². The number of para-hydroxylation sites is 1. The largest absolute Gasteiger partial charge is 0.482 e. The van der Waals surface area contributed by atoms with Crippen LogP contribution in [0.25, 0.3) is 0 Å². The van der Waals surface area contributed by atoms with E-state index in [1.165, 1.54) is 0 Å². The molecule has 2 aromatic rings. The van der Waals surface area contributed by atoms with Crippen LogP contribution in [0.2, 0.25) is 10.0 Å². The third-order valence-electron chi connectivity index (χ3n) is 4.94. The summed E-state index contributed by atoms with van der Waals surface area (Å²) in [6, 6.07) is 7.27. The van der Waals surface area contributed by atoms with E-state index in [0.29, 0.717) is 27.2 Å². The number of halogens is 2. The lowest BCUT2D eigenvalue weighted by Gasteiger charge is -2.26. The van der Waals surface area contributed by atoms with Crippen molar-refractivity contribution in [2.24, 2.45) is 0 Å². The molecule has 2 bridgehead atoms. The second-order valence-electron chi connectivity index (χ2n) is 6.61. The van der Waals surface area contributed by atoms with Crippen molar-refractivity contribution in [3.63, 3.8) is 0 Å². The van der Waals surface area contributed by atoms with Gasteiger partial charge in [0, 0.05) is 24.7 Å². The number of nitrogens with zero attached hydrogens (tertiary/aromatic N) is 2. The topological polar surface area (TPSA) is 67.6 Å². The summed E-state index contributed by atoms with van der Waals surface area (Å²) in [7, 11) is 0. The molecule has 1 aromatic carbocycles. The molecule has 6 nitrogen and oxygen atoms in total.